The molecule has 8 nitrogen and oxygen atoms in total. The molecule has 116 valence electrons. The number of amides is 1. The van der Waals surface area contributed by atoms with Crippen LogP contribution >= 0.6 is 0 Å². The molecule has 0 N–H and O–H groups in total. The summed E-state index contributed by atoms with van der Waals surface area (Å²) >= 11 is 0. The molecular formula is C14H18N6O2. The number of piperazine rings is 1. The molecule has 1 amide bonds. The predicted octanol–water partition coefficient (Wildman–Crippen LogP) is 0.0305. The summed E-state index contributed by atoms with van der Waals surface area (Å²) in [6.07, 6.45) is 5.14. The van der Waals surface area contributed by atoms with Gasteiger partial charge in [0, 0.05) is 50.8 Å². The van der Waals surface area contributed by atoms with Gasteiger partial charge >= 0.3 is 0 Å². The van der Waals surface area contributed by atoms with Crippen molar-refractivity contribution in [3.63, 3.8) is 0 Å². The summed E-state index contributed by atoms with van der Waals surface area (Å²) in [7, 11) is 1.58. The molecule has 1 aliphatic heterocycles. The molecule has 0 aliphatic carbocycles. The summed E-state index contributed by atoms with van der Waals surface area (Å²) in [4.78, 5) is 24.7. The van der Waals surface area contributed by atoms with Crippen LogP contribution in [0.1, 0.15) is 0 Å². The zero-order chi connectivity index (χ0) is 15.4. The van der Waals surface area contributed by atoms with E-state index >= 15 is 0 Å². The number of nitrogens with zero attached hydrogens (tertiary/aromatic N) is 6. The van der Waals surface area contributed by atoms with E-state index in [-0.39, 0.29) is 12.5 Å². The molecule has 3 heterocycles. The third kappa shape index (κ3) is 3.16. The van der Waals surface area contributed by atoms with Gasteiger partial charge in [0.25, 0.3) is 0 Å². The Labute approximate surface area is 128 Å². The molecule has 0 aromatic carbocycles. The van der Waals surface area contributed by atoms with Crippen LogP contribution < -0.4 is 9.64 Å². The Bertz CT molecular complexity index is 622. The topological polar surface area (TPSA) is 76.4 Å². The summed E-state index contributed by atoms with van der Waals surface area (Å²) < 4.78 is 6.75. The number of carbonyl (C=O) groups is 1. The number of carbonyl (C=O) groups excluding carboxylic acids is 1. The summed E-state index contributed by atoms with van der Waals surface area (Å²) in [6.45, 7) is 3.00. The van der Waals surface area contributed by atoms with E-state index in [1.807, 2.05) is 11.0 Å². The van der Waals surface area contributed by atoms with Gasteiger partial charge in [-0.1, -0.05) is 0 Å². The van der Waals surface area contributed by atoms with Crippen molar-refractivity contribution in [3.8, 4) is 5.88 Å². The van der Waals surface area contributed by atoms with Crippen LogP contribution in [0.25, 0.3) is 0 Å². The number of methoxy groups -OCH3 is 1. The number of rotatable bonds is 4. The van der Waals surface area contributed by atoms with Gasteiger partial charge in [-0.3, -0.25) is 9.48 Å². The first kappa shape index (κ1) is 14.3. The second-order valence-corrected chi connectivity index (χ2v) is 4.97. The number of ether oxygens (including phenoxy) is 1. The van der Waals surface area contributed by atoms with Gasteiger partial charge in [-0.25, -0.2) is 4.98 Å². The van der Waals surface area contributed by atoms with Gasteiger partial charge in [-0.2, -0.15) is 10.1 Å². The van der Waals surface area contributed by atoms with E-state index in [4.69, 9.17) is 4.74 Å². The molecular weight excluding hydrogens is 284 g/mol. The van der Waals surface area contributed by atoms with Crippen molar-refractivity contribution < 1.29 is 9.53 Å². The first-order valence-corrected chi connectivity index (χ1v) is 7.13. The van der Waals surface area contributed by atoms with Crippen molar-refractivity contribution >= 4 is 11.9 Å². The Hall–Kier alpha value is -2.64. The zero-order valence-corrected chi connectivity index (χ0v) is 12.4. The summed E-state index contributed by atoms with van der Waals surface area (Å²) in [5.41, 5.74) is 0. The second kappa shape index (κ2) is 6.42. The average molecular weight is 302 g/mol. The molecule has 1 aliphatic rings. The van der Waals surface area contributed by atoms with E-state index < -0.39 is 0 Å². The van der Waals surface area contributed by atoms with Crippen LogP contribution in [0.4, 0.5) is 5.95 Å². The highest BCUT2D eigenvalue weighted by molar-refractivity contribution is 5.76. The van der Waals surface area contributed by atoms with Gasteiger partial charge in [0.15, 0.2) is 0 Å². The molecule has 1 fully saturated rings. The van der Waals surface area contributed by atoms with E-state index in [2.05, 4.69) is 20.0 Å². The molecule has 1 saturated heterocycles. The fraction of sp³-hybridized carbons (Fsp3) is 0.429. The van der Waals surface area contributed by atoms with Crippen LogP contribution in [0, 0.1) is 0 Å². The van der Waals surface area contributed by atoms with Gasteiger partial charge in [0.1, 0.15) is 6.54 Å². The van der Waals surface area contributed by atoms with Crippen LogP contribution in [0.15, 0.2) is 30.7 Å². The summed E-state index contributed by atoms with van der Waals surface area (Å²) in [5.74, 6) is 1.26. The Kier molecular flexibility index (Phi) is 4.17. The standard InChI is InChI=1S/C14H18N6O2/c1-22-12-3-5-15-14(17-12)19-9-7-18(8-10-19)13(21)11-20-6-2-4-16-20/h2-6H,7-11H2,1H3. The Morgan fingerprint density at radius 1 is 1.27 bits per heavy atom. The minimum absolute atomic E-state index is 0.0786. The highest BCUT2D eigenvalue weighted by Crippen LogP contribution is 2.14. The van der Waals surface area contributed by atoms with Gasteiger partial charge in [-0.05, 0) is 6.07 Å². The predicted molar refractivity (Wildman–Crippen MR) is 79.6 cm³/mol. The molecule has 22 heavy (non-hydrogen) atoms. The fourth-order valence-corrected chi connectivity index (χ4v) is 2.39. The molecule has 8 heteroatoms. The van der Waals surface area contributed by atoms with Crippen molar-refractivity contribution in [2.24, 2.45) is 0 Å². The molecule has 2 aromatic heterocycles. The number of hydrogen-bond acceptors (Lipinski definition) is 6. The number of hydrogen-bond donors (Lipinski definition) is 0. The van der Waals surface area contributed by atoms with Crippen molar-refractivity contribution in [2.45, 2.75) is 6.54 Å². The quantitative estimate of drug-likeness (QED) is 0.793. The van der Waals surface area contributed by atoms with Gasteiger partial charge in [-0.15, -0.1) is 0 Å². The monoisotopic (exact) mass is 302 g/mol. The minimum atomic E-state index is 0.0786. The van der Waals surface area contributed by atoms with Crippen LogP contribution in [0.2, 0.25) is 0 Å². The van der Waals surface area contributed by atoms with Crippen LogP contribution in [0.3, 0.4) is 0 Å². The normalized spacial score (nSPS) is 15.0. The Morgan fingerprint density at radius 3 is 2.77 bits per heavy atom. The Balaban J connectivity index is 1.56. The van der Waals surface area contributed by atoms with E-state index in [9.17, 15) is 4.79 Å². The van der Waals surface area contributed by atoms with E-state index in [0.29, 0.717) is 38.0 Å². The highest BCUT2D eigenvalue weighted by atomic mass is 16.5. The SMILES string of the molecule is COc1ccnc(N2CCN(C(=O)Cn3cccn3)CC2)n1. The molecule has 0 spiro atoms. The number of aromatic nitrogens is 4. The van der Waals surface area contributed by atoms with E-state index in [0.717, 1.165) is 0 Å². The third-order valence-electron chi connectivity index (χ3n) is 3.60. The largest absolute Gasteiger partial charge is 0.481 e. The maximum absolute atomic E-state index is 12.2. The summed E-state index contributed by atoms with van der Waals surface area (Å²) in [5, 5.41) is 4.06. The van der Waals surface area contributed by atoms with Gasteiger partial charge in [0.2, 0.25) is 17.7 Å². The molecule has 2 aromatic rings. The lowest BCUT2D eigenvalue weighted by Gasteiger charge is -2.34. The van der Waals surface area contributed by atoms with Crippen molar-refractivity contribution in [1.29, 1.82) is 0 Å². The smallest absolute Gasteiger partial charge is 0.244 e. The third-order valence-corrected chi connectivity index (χ3v) is 3.60. The minimum Gasteiger partial charge on any atom is -0.481 e. The molecule has 0 unspecified atom stereocenters. The molecule has 3 rings (SSSR count). The van der Waals surface area contributed by atoms with Crippen LogP contribution in [-0.2, 0) is 11.3 Å². The lowest BCUT2D eigenvalue weighted by molar-refractivity contribution is -0.132. The van der Waals surface area contributed by atoms with Crippen molar-refractivity contribution in [1.82, 2.24) is 24.6 Å². The number of anilines is 1. The molecule has 0 radical (unpaired) electrons. The first-order valence-electron chi connectivity index (χ1n) is 7.13. The van der Waals surface area contributed by atoms with Crippen molar-refractivity contribution in [3.05, 3.63) is 30.7 Å². The molecule has 0 bridgehead atoms. The van der Waals surface area contributed by atoms with Gasteiger partial charge < -0.3 is 14.5 Å². The van der Waals surface area contributed by atoms with Crippen LogP contribution in [-0.4, -0.2) is 63.8 Å². The fourth-order valence-electron chi connectivity index (χ4n) is 2.39. The van der Waals surface area contributed by atoms with E-state index in [1.54, 1.807) is 36.4 Å². The maximum atomic E-state index is 12.2. The van der Waals surface area contributed by atoms with Gasteiger partial charge in [0.05, 0.1) is 7.11 Å². The summed E-state index contributed by atoms with van der Waals surface area (Å²) in [6, 6.07) is 3.53. The van der Waals surface area contributed by atoms with Crippen LogP contribution in [0.5, 0.6) is 5.88 Å². The zero-order valence-electron chi connectivity index (χ0n) is 12.4. The van der Waals surface area contributed by atoms with Crippen molar-refractivity contribution in [2.75, 3.05) is 38.2 Å². The second-order valence-electron chi connectivity index (χ2n) is 4.97. The highest BCUT2D eigenvalue weighted by Gasteiger charge is 2.22. The average Bonchev–Trinajstić information content (AvgIpc) is 3.08. The first-order chi connectivity index (χ1) is 10.8. The molecule has 0 atom stereocenters. The van der Waals surface area contributed by atoms with E-state index in [1.165, 1.54) is 0 Å². The lowest BCUT2D eigenvalue weighted by atomic mass is 10.3. The molecule has 0 saturated carbocycles. The Morgan fingerprint density at radius 2 is 2.09 bits per heavy atom. The maximum Gasteiger partial charge on any atom is 0.244 e. The lowest BCUT2D eigenvalue weighted by Crippen LogP contribution is -2.50.